The Balaban J connectivity index is 1.70. The molecule has 0 saturated carbocycles. The quantitative estimate of drug-likeness (QED) is 0.465. The van der Waals surface area contributed by atoms with Crippen LogP contribution < -0.4 is 4.74 Å². The van der Waals surface area contributed by atoms with Crippen molar-refractivity contribution >= 4 is 15.9 Å². The zero-order valence-corrected chi connectivity index (χ0v) is 16.4. The van der Waals surface area contributed by atoms with Gasteiger partial charge in [-0.25, -0.2) is 0 Å². The van der Waals surface area contributed by atoms with Crippen LogP contribution in [0.25, 0.3) is 11.1 Å². The van der Waals surface area contributed by atoms with Crippen LogP contribution in [0, 0.1) is 5.92 Å². The molecule has 0 spiro atoms. The van der Waals surface area contributed by atoms with Crippen molar-refractivity contribution < 1.29 is 9.47 Å². The average molecular weight is 391 g/mol. The fourth-order valence-corrected chi connectivity index (χ4v) is 2.51. The summed E-state index contributed by atoms with van der Waals surface area (Å²) in [4.78, 5) is 0. The van der Waals surface area contributed by atoms with Gasteiger partial charge in [0.05, 0.1) is 12.7 Å². The van der Waals surface area contributed by atoms with Crippen LogP contribution in [-0.4, -0.2) is 19.3 Å². The molecule has 0 fully saturated rings. The molecule has 1 unspecified atom stereocenters. The summed E-state index contributed by atoms with van der Waals surface area (Å²) in [6.07, 6.45) is 2.38. The van der Waals surface area contributed by atoms with Gasteiger partial charge in [0.1, 0.15) is 5.75 Å². The Hall–Kier alpha value is -1.32. The molecule has 2 nitrogen and oxygen atoms in total. The molecule has 0 aliphatic rings. The maximum absolute atomic E-state index is 5.81. The molecular formula is C21H27BrO2. The molecule has 0 amide bonds. The highest BCUT2D eigenvalue weighted by Gasteiger charge is 2.06. The second kappa shape index (κ2) is 9.85. The van der Waals surface area contributed by atoms with Crippen molar-refractivity contribution in [3.63, 3.8) is 0 Å². The molecule has 24 heavy (non-hydrogen) atoms. The molecule has 0 N–H and O–H groups in total. The third-order valence-corrected chi connectivity index (χ3v) is 4.69. The smallest absolute Gasteiger partial charge is 0.119 e. The summed E-state index contributed by atoms with van der Waals surface area (Å²) in [6.45, 7) is 8.05. The number of halogens is 1. The van der Waals surface area contributed by atoms with Gasteiger partial charge in [-0.05, 0) is 61.1 Å². The van der Waals surface area contributed by atoms with E-state index in [-0.39, 0.29) is 0 Å². The van der Waals surface area contributed by atoms with Gasteiger partial charge in [-0.3, -0.25) is 0 Å². The summed E-state index contributed by atoms with van der Waals surface area (Å²) < 4.78 is 12.7. The van der Waals surface area contributed by atoms with Gasteiger partial charge in [-0.2, -0.15) is 0 Å². The van der Waals surface area contributed by atoms with Crippen molar-refractivity contribution in [3.05, 3.63) is 53.0 Å². The number of hydrogen-bond donors (Lipinski definition) is 0. The van der Waals surface area contributed by atoms with Crippen molar-refractivity contribution in [1.29, 1.82) is 0 Å². The van der Waals surface area contributed by atoms with Crippen LogP contribution in [0.4, 0.5) is 0 Å². The largest absolute Gasteiger partial charge is 0.494 e. The molecular weight excluding hydrogens is 364 g/mol. The molecule has 0 heterocycles. The Morgan fingerprint density at radius 2 is 1.33 bits per heavy atom. The van der Waals surface area contributed by atoms with Gasteiger partial charge in [0.15, 0.2) is 0 Å². The minimum Gasteiger partial charge on any atom is -0.494 e. The first-order valence-electron chi connectivity index (χ1n) is 8.66. The normalized spacial score (nSPS) is 12.4. The predicted octanol–water partition coefficient (Wildman–Crippen LogP) is 6.34. The second-order valence-corrected chi connectivity index (χ2v) is 7.32. The van der Waals surface area contributed by atoms with Crippen molar-refractivity contribution in [2.24, 2.45) is 5.92 Å². The first-order valence-corrected chi connectivity index (χ1v) is 9.46. The molecule has 2 aromatic carbocycles. The molecule has 0 saturated heterocycles. The number of ether oxygens (including phenoxy) is 2. The van der Waals surface area contributed by atoms with E-state index in [1.54, 1.807) is 0 Å². The Morgan fingerprint density at radius 3 is 1.92 bits per heavy atom. The summed E-state index contributed by atoms with van der Waals surface area (Å²) >= 11 is 3.46. The van der Waals surface area contributed by atoms with Crippen LogP contribution in [0.1, 0.15) is 33.6 Å². The third-order valence-electron chi connectivity index (χ3n) is 4.16. The van der Waals surface area contributed by atoms with Gasteiger partial charge < -0.3 is 9.47 Å². The molecule has 0 aromatic heterocycles. The average Bonchev–Trinajstić information content (AvgIpc) is 2.59. The lowest BCUT2D eigenvalue weighted by Crippen LogP contribution is -2.16. The van der Waals surface area contributed by atoms with Gasteiger partial charge in [0, 0.05) is 11.1 Å². The van der Waals surface area contributed by atoms with E-state index in [1.165, 1.54) is 11.1 Å². The van der Waals surface area contributed by atoms with Crippen LogP contribution in [0.2, 0.25) is 0 Å². The van der Waals surface area contributed by atoms with E-state index in [1.807, 2.05) is 12.1 Å². The van der Waals surface area contributed by atoms with Gasteiger partial charge in [0.25, 0.3) is 0 Å². The van der Waals surface area contributed by atoms with Crippen LogP contribution in [0.3, 0.4) is 0 Å². The van der Waals surface area contributed by atoms with E-state index in [2.05, 4.69) is 73.1 Å². The van der Waals surface area contributed by atoms with Gasteiger partial charge in [0.2, 0.25) is 0 Å². The van der Waals surface area contributed by atoms with E-state index >= 15 is 0 Å². The Labute approximate surface area is 154 Å². The van der Waals surface area contributed by atoms with E-state index in [0.717, 1.165) is 36.3 Å². The van der Waals surface area contributed by atoms with Crippen molar-refractivity contribution in [2.45, 2.75) is 39.7 Å². The van der Waals surface area contributed by atoms with Crippen LogP contribution in [-0.2, 0) is 4.74 Å². The van der Waals surface area contributed by atoms with Crippen LogP contribution >= 0.6 is 15.9 Å². The topological polar surface area (TPSA) is 18.5 Å². The van der Waals surface area contributed by atoms with Gasteiger partial charge in [-0.1, -0.05) is 54.0 Å². The Kier molecular flexibility index (Phi) is 7.80. The minimum absolute atomic E-state index is 0.331. The SMILES string of the molecule is CC(C)C(C)OCCCCOc1ccc(-c2ccc(Br)cc2)cc1. The highest BCUT2D eigenvalue weighted by atomic mass is 79.9. The lowest BCUT2D eigenvalue weighted by Gasteiger charge is -2.16. The van der Waals surface area contributed by atoms with E-state index < -0.39 is 0 Å². The van der Waals surface area contributed by atoms with Crippen molar-refractivity contribution in [2.75, 3.05) is 13.2 Å². The number of hydrogen-bond acceptors (Lipinski definition) is 2. The highest BCUT2D eigenvalue weighted by molar-refractivity contribution is 9.10. The van der Waals surface area contributed by atoms with E-state index in [4.69, 9.17) is 9.47 Å². The first-order chi connectivity index (χ1) is 11.6. The molecule has 3 heteroatoms. The molecule has 0 radical (unpaired) electrons. The molecule has 0 aliphatic heterocycles. The van der Waals surface area contributed by atoms with E-state index in [0.29, 0.717) is 12.0 Å². The molecule has 2 aromatic rings. The molecule has 130 valence electrons. The summed E-state index contributed by atoms with van der Waals surface area (Å²) in [5.41, 5.74) is 2.41. The van der Waals surface area contributed by atoms with Crippen molar-refractivity contribution in [3.8, 4) is 16.9 Å². The molecule has 0 aliphatic carbocycles. The van der Waals surface area contributed by atoms with Crippen LogP contribution in [0.15, 0.2) is 53.0 Å². The minimum atomic E-state index is 0.331. The number of benzene rings is 2. The van der Waals surface area contributed by atoms with Gasteiger partial charge in [-0.15, -0.1) is 0 Å². The summed E-state index contributed by atoms with van der Waals surface area (Å²) in [5.74, 6) is 1.50. The van der Waals surface area contributed by atoms with Crippen LogP contribution in [0.5, 0.6) is 5.75 Å². The third kappa shape index (κ3) is 6.29. The fraction of sp³-hybridized carbons (Fsp3) is 0.429. The highest BCUT2D eigenvalue weighted by Crippen LogP contribution is 2.24. The molecule has 1 atom stereocenters. The van der Waals surface area contributed by atoms with Gasteiger partial charge >= 0.3 is 0 Å². The maximum Gasteiger partial charge on any atom is 0.119 e. The second-order valence-electron chi connectivity index (χ2n) is 6.41. The molecule has 2 rings (SSSR count). The Morgan fingerprint density at radius 1 is 0.792 bits per heavy atom. The van der Waals surface area contributed by atoms with E-state index in [9.17, 15) is 0 Å². The zero-order chi connectivity index (χ0) is 17.4. The maximum atomic E-state index is 5.81. The standard InChI is InChI=1S/C21H27BrO2/c1-16(2)17(3)23-14-4-5-15-24-21-12-8-19(9-13-21)18-6-10-20(22)11-7-18/h6-13,16-17H,4-5,14-15H2,1-3H3. The zero-order valence-electron chi connectivity index (χ0n) is 14.8. The lowest BCUT2D eigenvalue weighted by molar-refractivity contribution is 0.0320. The fourth-order valence-electron chi connectivity index (χ4n) is 2.24. The summed E-state index contributed by atoms with van der Waals surface area (Å²) in [6, 6.07) is 16.6. The lowest BCUT2D eigenvalue weighted by atomic mass is 10.1. The first kappa shape index (κ1) is 19.0. The van der Waals surface area contributed by atoms with Crippen molar-refractivity contribution in [1.82, 2.24) is 0 Å². The summed E-state index contributed by atoms with van der Waals surface area (Å²) in [7, 11) is 0. The molecule has 0 bridgehead atoms. The number of rotatable bonds is 9. The summed E-state index contributed by atoms with van der Waals surface area (Å²) in [5, 5.41) is 0. The Bertz CT molecular complexity index is 590. The monoisotopic (exact) mass is 390 g/mol. The predicted molar refractivity (Wildman–Crippen MR) is 105 cm³/mol. The number of unbranched alkanes of at least 4 members (excludes halogenated alkanes) is 1.